The van der Waals surface area contributed by atoms with Crippen molar-refractivity contribution < 1.29 is 34.8 Å². The lowest BCUT2D eigenvalue weighted by Gasteiger charge is -2.50. The topological polar surface area (TPSA) is 177 Å². The second kappa shape index (κ2) is 9.16. The molecular weight excluding hydrogens is 480 g/mol. The normalized spacial score (nSPS) is 27.3. The third-order valence-corrected chi connectivity index (χ3v) is 7.79. The molecule has 1 aromatic carbocycles. The number of anilines is 1. The molecule has 3 aliphatic carbocycles. The Balaban J connectivity index is 1.96. The molecule has 0 saturated heterocycles. The Morgan fingerprint density at radius 3 is 2.38 bits per heavy atom. The van der Waals surface area contributed by atoms with Gasteiger partial charge in [-0.05, 0) is 56.6 Å². The minimum Gasteiger partial charge on any atom is -0.510 e. The number of rotatable bonds is 6. The van der Waals surface area contributed by atoms with Crippen molar-refractivity contribution in [1.29, 1.82) is 0 Å². The van der Waals surface area contributed by atoms with E-state index >= 15 is 0 Å². The van der Waals surface area contributed by atoms with Gasteiger partial charge >= 0.3 is 0 Å². The lowest BCUT2D eigenvalue weighted by Crippen LogP contribution is -2.63. The molecule has 4 atom stereocenters. The van der Waals surface area contributed by atoms with Crippen molar-refractivity contribution in [2.75, 3.05) is 39.6 Å². The maximum absolute atomic E-state index is 13.8. The molecule has 4 rings (SSSR count). The fraction of sp³-hybridized carbons (Fsp3) is 0.500. The number of ketones is 2. The van der Waals surface area contributed by atoms with Crippen LogP contribution in [0, 0.1) is 11.8 Å². The van der Waals surface area contributed by atoms with E-state index < -0.39 is 58.0 Å². The molecular formula is C26H34N4O7. The first-order chi connectivity index (χ1) is 17.3. The van der Waals surface area contributed by atoms with Gasteiger partial charge in [-0.15, -0.1) is 0 Å². The zero-order valence-electron chi connectivity index (χ0n) is 21.6. The molecule has 0 unspecified atom stereocenters. The molecule has 1 amide bonds. The SMILES string of the molecule is CCNCc1cc(O)c2c(c1N(C)C)C[C@H]1C[C@H]3[C@H](N(C)C)C(O)=C(C(N)=O)C(=O)[C@@]3(O)C(O)=C1C2=O. The molecule has 0 bridgehead atoms. The second-order valence-corrected chi connectivity index (χ2v) is 10.4. The Labute approximate surface area is 214 Å². The zero-order valence-corrected chi connectivity index (χ0v) is 21.6. The van der Waals surface area contributed by atoms with Crippen LogP contribution in [0.5, 0.6) is 5.75 Å². The first-order valence-electron chi connectivity index (χ1n) is 12.2. The minimum absolute atomic E-state index is 0.00438. The number of nitrogens with zero attached hydrogens (tertiary/aromatic N) is 2. The number of nitrogens with two attached hydrogens (primary N) is 1. The molecule has 0 aliphatic heterocycles. The number of Topliss-reactive ketones (excluding diaryl/α,β-unsaturated/α-hetero) is 2. The first-order valence-corrected chi connectivity index (χ1v) is 12.2. The molecule has 200 valence electrons. The van der Waals surface area contributed by atoms with E-state index in [0.717, 1.165) is 11.3 Å². The van der Waals surface area contributed by atoms with Gasteiger partial charge in [0.15, 0.2) is 11.4 Å². The predicted octanol–water partition coefficient (Wildman–Crippen LogP) is 0.296. The summed E-state index contributed by atoms with van der Waals surface area (Å²) in [5.74, 6) is -6.57. The lowest BCUT2D eigenvalue weighted by molar-refractivity contribution is -0.148. The summed E-state index contributed by atoms with van der Waals surface area (Å²) in [6.07, 6.45) is 0.298. The average Bonchev–Trinajstić information content (AvgIpc) is 2.79. The van der Waals surface area contributed by atoms with E-state index in [1.165, 1.54) is 11.0 Å². The van der Waals surface area contributed by atoms with E-state index in [4.69, 9.17) is 5.73 Å². The van der Waals surface area contributed by atoms with E-state index in [0.29, 0.717) is 18.7 Å². The van der Waals surface area contributed by atoms with Crippen molar-refractivity contribution in [3.8, 4) is 5.75 Å². The van der Waals surface area contributed by atoms with Gasteiger partial charge in [-0.2, -0.15) is 0 Å². The van der Waals surface area contributed by atoms with Crippen LogP contribution in [0.15, 0.2) is 28.7 Å². The van der Waals surface area contributed by atoms with Crippen molar-refractivity contribution in [1.82, 2.24) is 10.2 Å². The number of aliphatic hydroxyl groups excluding tert-OH is 2. The largest absolute Gasteiger partial charge is 0.510 e. The van der Waals surface area contributed by atoms with Gasteiger partial charge in [-0.1, -0.05) is 6.92 Å². The average molecular weight is 515 g/mol. The number of allylic oxidation sites excluding steroid dienone is 1. The molecule has 0 aromatic heterocycles. The smallest absolute Gasteiger partial charge is 0.255 e. The summed E-state index contributed by atoms with van der Waals surface area (Å²) >= 11 is 0. The van der Waals surface area contributed by atoms with Crippen molar-refractivity contribution in [2.45, 2.75) is 38.0 Å². The number of aromatic hydroxyl groups is 1. The molecule has 0 radical (unpaired) electrons. The fourth-order valence-electron chi connectivity index (χ4n) is 6.33. The van der Waals surface area contributed by atoms with Crippen LogP contribution in [0.3, 0.4) is 0 Å². The molecule has 0 spiro atoms. The van der Waals surface area contributed by atoms with Gasteiger partial charge in [0, 0.05) is 37.8 Å². The highest BCUT2D eigenvalue weighted by atomic mass is 16.3. The van der Waals surface area contributed by atoms with E-state index in [1.54, 1.807) is 14.1 Å². The first kappa shape index (κ1) is 26.6. The maximum atomic E-state index is 13.8. The lowest BCUT2D eigenvalue weighted by atomic mass is 9.58. The summed E-state index contributed by atoms with van der Waals surface area (Å²) in [7, 11) is 6.88. The monoisotopic (exact) mass is 514 g/mol. The number of amides is 1. The van der Waals surface area contributed by atoms with E-state index in [-0.39, 0.29) is 29.7 Å². The number of aliphatic hydroxyl groups is 3. The third kappa shape index (κ3) is 3.72. The molecule has 7 N–H and O–H groups in total. The Morgan fingerprint density at radius 2 is 1.84 bits per heavy atom. The molecule has 11 nitrogen and oxygen atoms in total. The van der Waals surface area contributed by atoms with Crippen LogP contribution in [0.1, 0.15) is 34.8 Å². The summed E-state index contributed by atoms with van der Waals surface area (Å²) in [5, 5.41) is 48.0. The molecule has 1 aromatic rings. The standard InChI is InChI=1S/C26H34N4O7/c1-6-28-10-12-9-15(31)17-13(19(12)29(2)3)7-11-8-14-20(30(4)5)22(33)18(25(27)36)24(35)26(14,37)23(34)16(11)21(17)32/h9,11,14,20,28,31,33-34,37H,6-8,10H2,1-5H3,(H2,27,36)/t11-,14-,20-,26-/m0/s1. The molecule has 0 saturated carbocycles. The number of nitrogens with one attached hydrogen (secondary N) is 1. The number of phenols is 1. The third-order valence-electron chi connectivity index (χ3n) is 7.79. The van der Waals surface area contributed by atoms with Crippen LogP contribution in [0.4, 0.5) is 5.69 Å². The molecule has 0 fully saturated rings. The number of primary amides is 1. The molecule has 37 heavy (non-hydrogen) atoms. The Hall–Kier alpha value is -3.41. The van der Waals surface area contributed by atoms with Gasteiger partial charge in [0.2, 0.25) is 5.78 Å². The van der Waals surface area contributed by atoms with Crippen molar-refractivity contribution in [3.63, 3.8) is 0 Å². The van der Waals surface area contributed by atoms with Crippen LogP contribution < -0.4 is 16.0 Å². The Bertz CT molecular complexity index is 1270. The number of carbonyl (C=O) groups is 3. The quantitative estimate of drug-likeness (QED) is 0.289. The van der Waals surface area contributed by atoms with Gasteiger partial charge < -0.3 is 36.4 Å². The Kier molecular flexibility index (Phi) is 6.60. The second-order valence-electron chi connectivity index (χ2n) is 10.4. The summed E-state index contributed by atoms with van der Waals surface area (Å²) in [6.45, 7) is 3.13. The highest BCUT2D eigenvalue weighted by Crippen LogP contribution is 2.53. The number of fused-ring (bicyclic) bond motifs is 3. The maximum Gasteiger partial charge on any atom is 0.255 e. The number of phenolic OH excluding ortho intramolecular Hbond substituents is 1. The van der Waals surface area contributed by atoms with Crippen LogP contribution >= 0.6 is 0 Å². The zero-order chi connectivity index (χ0) is 27.6. The molecule has 11 heteroatoms. The minimum atomic E-state index is -2.64. The van der Waals surface area contributed by atoms with Gasteiger partial charge in [0.1, 0.15) is 22.8 Å². The summed E-state index contributed by atoms with van der Waals surface area (Å²) in [5.41, 5.74) is 3.90. The van der Waals surface area contributed by atoms with E-state index in [1.807, 2.05) is 25.9 Å². The van der Waals surface area contributed by atoms with Crippen LogP contribution in [-0.4, -0.2) is 89.2 Å². The summed E-state index contributed by atoms with van der Waals surface area (Å²) in [6, 6.07) is 0.486. The fourth-order valence-corrected chi connectivity index (χ4v) is 6.33. The number of benzene rings is 1. The van der Waals surface area contributed by atoms with Gasteiger partial charge in [-0.25, -0.2) is 0 Å². The highest BCUT2D eigenvalue weighted by Gasteiger charge is 2.63. The summed E-state index contributed by atoms with van der Waals surface area (Å²) < 4.78 is 0. The number of likely N-dealkylation sites (N-methyl/N-ethyl adjacent to an activating group) is 1. The Morgan fingerprint density at radius 1 is 1.19 bits per heavy atom. The van der Waals surface area contributed by atoms with Crippen molar-refractivity contribution in [2.24, 2.45) is 17.6 Å². The predicted molar refractivity (Wildman–Crippen MR) is 135 cm³/mol. The summed E-state index contributed by atoms with van der Waals surface area (Å²) in [4.78, 5) is 42.6. The van der Waals surface area contributed by atoms with Crippen LogP contribution in [0.2, 0.25) is 0 Å². The van der Waals surface area contributed by atoms with Crippen LogP contribution in [0.25, 0.3) is 0 Å². The van der Waals surface area contributed by atoms with Crippen LogP contribution in [-0.2, 0) is 22.6 Å². The highest BCUT2D eigenvalue weighted by molar-refractivity contribution is 6.24. The van der Waals surface area contributed by atoms with E-state index in [9.17, 15) is 34.8 Å². The van der Waals surface area contributed by atoms with Crippen molar-refractivity contribution in [3.05, 3.63) is 45.4 Å². The number of hydrogen-bond acceptors (Lipinski definition) is 10. The molecule has 3 aliphatic rings. The van der Waals surface area contributed by atoms with Gasteiger partial charge in [-0.3, -0.25) is 19.3 Å². The van der Waals surface area contributed by atoms with Gasteiger partial charge in [0.05, 0.1) is 11.6 Å². The number of carbonyl (C=O) groups excluding carboxylic acids is 3. The molecule has 0 heterocycles. The van der Waals surface area contributed by atoms with Crippen molar-refractivity contribution >= 4 is 23.2 Å². The van der Waals surface area contributed by atoms with E-state index in [2.05, 4.69) is 5.32 Å². The van der Waals surface area contributed by atoms with Gasteiger partial charge in [0.25, 0.3) is 5.91 Å². The number of hydrogen-bond donors (Lipinski definition) is 6.